The normalized spacial score (nSPS) is 11.4. The van der Waals surface area contributed by atoms with Crippen molar-refractivity contribution in [3.63, 3.8) is 0 Å². The molecule has 0 radical (unpaired) electrons. The summed E-state index contributed by atoms with van der Waals surface area (Å²) >= 11 is 6.77. The van der Waals surface area contributed by atoms with E-state index in [9.17, 15) is 9.90 Å². The molecule has 8 heteroatoms. The van der Waals surface area contributed by atoms with Crippen LogP contribution in [0.2, 0.25) is 0 Å². The number of hydrogen-bond donors (Lipinski definition) is 1. The van der Waals surface area contributed by atoms with Crippen molar-refractivity contribution < 1.29 is 9.84 Å². The third-order valence-electron chi connectivity index (χ3n) is 4.23. The number of aromatic hydroxyl groups is 1. The van der Waals surface area contributed by atoms with E-state index in [1.807, 2.05) is 12.1 Å². The molecular weight excluding hydrogens is 490 g/mol. The molecule has 1 N–H and O–H groups in total. The Morgan fingerprint density at radius 3 is 2.75 bits per heavy atom. The average Bonchev–Trinajstić information content (AvgIpc) is 2.68. The topological polar surface area (TPSA) is 76.7 Å². The number of aromatic nitrogens is 2. The summed E-state index contributed by atoms with van der Waals surface area (Å²) < 4.78 is 7.99. The third kappa shape index (κ3) is 4.28. The largest absolute Gasteiger partial charge is 0.504 e. The van der Waals surface area contributed by atoms with Crippen LogP contribution in [0.4, 0.5) is 0 Å². The maximum Gasteiger partial charge on any atom is 0.282 e. The van der Waals surface area contributed by atoms with Crippen molar-refractivity contribution in [1.29, 1.82) is 0 Å². The van der Waals surface area contributed by atoms with Crippen molar-refractivity contribution >= 4 is 49.0 Å². The van der Waals surface area contributed by atoms with Crippen molar-refractivity contribution in [3.8, 4) is 11.5 Å². The van der Waals surface area contributed by atoms with Crippen LogP contribution in [0.25, 0.3) is 10.9 Å². The quantitative estimate of drug-likeness (QED) is 0.482. The summed E-state index contributed by atoms with van der Waals surface area (Å²) in [6.07, 6.45) is 3.93. The second-order valence-corrected chi connectivity index (χ2v) is 8.03. The summed E-state index contributed by atoms with van der Waals surface area (Å²) in [4.78, 5) is 17.7. The van der Waals surface area contributed by atoms with Gasteiger partial charge in [-0.2, -0.15) is 9.78 Å². The molecule has 0 unspecified atom stereocenters. The molecule has 1 heterocycles. The standard InChI is InChI=1S/C20H19Br2N3O3/c1-3-4-5-18-24-16-7-6-13(21)9-15(16)20(27)25(18)23-11-12-8-14(22)10-17(28-2)19(12)26/h6-11,26H,3-5H2,1-2H3. The fraction of sp³-hybridized carbons (Fsp3) is 0.250. The highest BCUT2D eigenvalue weighted by atomic mass is 79.9. The number of fused-ring (bicyclic) bond motifs is 1. The Morgan fingerprint density at radius 1 is 1.25 bits per heavy atom. The minimum Gasteiger partial charge on any atom is -0.504 e. The fourth-order valence-electron chi connectivity index (χ4n) is 2.78. The van der Waals surface area contributed by atoms with Crippen molar-refractivity contribution in [2.75, 3.05) is 7.11 Å². The highest BCUT2D eigenvalue weighted by Crippen LogP contribution is 2.32. The molecular formula is C20H19Br2N3O3. The Balaban J connectivity index is 2.16. The minimum atomic E-state index is -0.255. The van der Waals surface area contributed by atoms with E-state index in [0.29, 0.717) is 34.5 Å². The molecule has 0 atom stereocenters. The lowest BCUT2D eigenvalue weighted by molar-refractivity contribution is 0.373. The molecule has 0 saturated heterocycles. The molecule has 0 bridgehead atoms. The van der Waals surface area contributed by atoms with Crippen LogP contribution in [0.3, 0.4) is 0 Å². The molecule has 3 aromatic rings. The zero-order valence-corrected chi connectivity index (χ0v) is 18.6. The number of rotatable bonds is 6. The first-order chi connectivity index (χ1) is 13.4. The van der Waals surface area contributed by atoms with Gasteiger partial charge in [0, 0.05) is 20.9 Å². The number of hydrogen-bond acceptors (Lipinski definition) is 5. The van der Waals surface area contributed by atoms with Crippen LogP contribution in [0.15, 0.2) is 49.2 Å². The first-order valence-electron chi connectivity index (χ1n) is 8.76. The van der Waals surface area contributed by atoms with Crippen LogP contribution in [-0.4, -0.2) is 28.1 Å². The lowest BCUT2D eigenvalue weighted by Crippen LogP contribution is -2.22. The number of halogens is 2. The van der Waals surface area contributed by atoms with E-state index in [1.165, 1.54) is 18.0 Å². The number of unbranched alkanes of at least 4 members (excludes halogenated alkanes) is 1. The number of phenolic OH excluding ortho intramolecular Hbond substituents is 1. The van der Waals surface area contributed by atoms with Gasteiger partial charge >= 0.3 is 0 Å². The van der Waals surface area contributed by atoms with Gasteiger partial charge in [-0.25, -0.2) is 4.98 Å². The molecule has 0 aliphatic rings. The number of methoxy groups -OCH3 is 1. The summed E-state index contributed by atoms with van der Waals surface area (Å²) in [7, 11) is 1.47. The van der Waals surface area contributed by atoms with Gasteiger partial charge in [-0.3, -0.25) is 4.79 Å². The molecule has 0 amide bonds. The summed E-state index contributed by atoms with van der Waals surface area (Å²) in [5.74, 6) is 0.850. The van der Waals surface area contributed by atoms with Gasteiger partial charge in [-0.15, -0.1) is 0 Å². The summed E-state index contributed by atoms with van der Waals surface area (Å²) in [5, 5.41) is 15.2. The Kier molecular flexibility index (Phi) is 6.51. The minimum absolute atomic E-state index is 0.0471. The Bertz CT molecular complexity index is 1110. The van der Waals surface area contributed by atoms with Gasteiger partial charge in [-0.1, -0.05) is 45.2 Å². The van der Waals surface area contributed by atoms with Gasteiger partial charge in [0.25, 0.3) is 5.56 Å². The van der Waals surface area contributed by atoms with Crippen molar-refractivity contribution in [3.05, 3.63) is 61.0 Å². The molecule has 3 rings (SSSR count). The number of aryl methyl sites for hydroxylation is 1. The molecule has 2 aromatic carbocycles. The van der Waals surface area contributed by atoms with Gasteiger partial charge in [0.05, 0.1) is 24.2 Å². The first-order valence-corrected chi connectivity index (χ1v) is 10.3. The molecule has 0 aliphatic heterocycles. The predicted octanol–water partition coefficient (Wildman–Crippen LogP) is 4.86. The average molecular weight is 509 g/mol. The van der Waals surface area contributed by atoms with Gasteiger partial charge < -0.3 is 9.84 Å². The molecule has 6 nitrogen and oxygen atoms in total. The predicted molar refractivity (Wildman–Crippen MR) is 118 cm³/mol. The Morgan fingerprint density at radius 2 is 2.04 bits per heavy atom. The van der Waals surface area contributed by atoms with Crippen LogP contribution in [-0.2, 0) is 6.42 Å². The monoisotopic (exact) mass is 507 g/mol. The van der Waals surface area contributed by atoms with E-state index in [2.05, 4.69) is 48.9 Å². The zero-order chi connectivity index (χ0) is 20.3. The molecule has 28 heavy (non-hydrogen) atoms. The lowest BCUT2D eigenvalue weighted by atomic mass is 10.2. The SMILES string of the molecule is CCCCc1nc2ccc(Br)cc2c(=O)n1N=Cc1cc(Br)cc(OC)c1O. The Labute approximate surface area is 179 Å². The number of nitrogens with zero attached hydrogens (tertiary/aromatic N) is 3. The van der Waals surface area contributed by atoms with E-state index in [4.69, 9.17) is 4.74 Å². The first kappa shape index (κ1) is 20.5. The van der Waals surface area contributed by atoms with Gasteiger partial charge in [0.15, 0.2) is 11.5 Å². The Hall–Kier alpha value is -2.19. The highest BCUT2D eigenvalue weighted by molar-refractivity contribution is 9.10. The molecule has 0 spiro atoms. The molecule has 0 fully saturated rings. The van der Waals surface area contributed by atoms with Crippen LogP contribution in [0, 0.1) is 0 Å². The van der Waals surface area contributed by atoms with E-state index in [0.717, 1.165) is 21.8 Å². The second-order valence-electron chi connectivity index (χ2n) is 6.20. The zero-order valence-electron chi connectivity index (χ0n) is 15.4. The van der Waals surface area contributed by atoms with Crippen molar-refractivity contribution in [1.82, 2.24) is 9.66 Å². The van der Waals surface area contributed by atoms with E-state index in [-0.39, 0.29) is 11.3 Å². The highest BCUT2D eigenvalue weighted by Gasteiger charge is 2.12. The van der Waals surface area contributed by atoms with E-state index >= 15 is 0 Å². The summed E-state index contributed by atoms with van der Waals surface area (Å²) in [5.41, 5.74) is 0.807. The van der Waals surface area contributed by atoms with Crippen molar-refractivity contribution in [2.45, 2.75) is 26.2 Å². The maximum atomic E-state index is 13.1. The molecule has 146 valence electrons. The smallest absolute Gasteiger partial charge is 0.282 e. The van der Waals surface area contributed by atoms with Crippen LogP contribution in [0.5, 0.6) is 11.5 Å². The van der Waals surface area contributed by atoms with Gasteiger partial charge in [-0.05, 0) is 36.8 Å². The van der Waals surface area contributed by atoms with Crippen LogP contribution < -0.4 is 10.3 Å². The van der Waals surface area contributed by atoms with E-state index in [1.54, 1.807) is 18.2 Å². The summed E-state index contributed by atoms with van der Waals surface area (Å²) in [6.45, 7) is 2.08. The lowest BCUT2D eigenvalue weighted by Gasteiger charge is -2.10. The second kappa shape index (κ2) is 8.87. The summed E-state index contributed by atoms with van der Waals surface area (Å²) in [6, 6.07) is 8.76. The number of benzene rings is 2. The molecule has 0 saturated carbocycles. The van der Waals surface area contributed by atoms with E-state index < -0.39 is 0 Å². The fourth-order valence-corrected chi connectivity index (χ4v) is 3.59. The third-order valence-corrected chi connectivity index (χ3v) is 5.18. The van der Waals surface area contributed by atoms with Crippen molar-refractivity contribution in [2.24, 2.45) is 5.10 Å². The number of phenols is 1. The van der Waals surface area contributed by atoms with Crippen LogP contribution in [0.1, 0.15) is 31.2 Å². The maximum absolute atomic E-state index is 13.1. The van der Waals surface area contributed by atoms with Gasteiger partial charge in [0.2, 0.25) is 0 Å². The molecule has 0 aliphatic carbocycles. The molecule has 1 aromatic heterocycles. The van der Waals surface area contributed by atoms with Crippen LogP contribution >= 0.6 is 31.9 Å². The number of ether oxygens (including phenoxy) is 1. The van der Waals surface area contributed by atoms with Gasteiger partial charge in [0.1, 0.15) is 5.82 Å².